The summed E-state index contributed by atoms with van der Waals surface area (Å²) in [4.78, 5) is 2.16. The molecule has 1 heterocycles. The van der Waals surface area contributed by atoms with Crippen LogP contribution in [0.2, 0.25) is 0 Å². The van der Waals surface area contributed by atoms with E-state index >= 15 is 0 Å². The lowest BCUT2D eigenvalue weighted by Gasteiger charge is -2.34. The maximum absolute atomic E-state index is 13.3. The molecule has 0 radical (unpaired) electrons. The SMILES string of the molecule is N#Cc1cccc(S(=O)(=O)NCC(c2ccc(F)cc2)N2CCOCC2)c1. The van der Waals surface area contributed by atoms with Gasteiger partial charge in [-0.3, -0.25) is 4.90 Å². The minimum absolute atomic E-state index is 0.0429. The Balaban J connectivity index is 1.81. The average Bonchev–Trinajstić information content (AvgIpc) is 2.70. The molecule has 1 unspecified atom stereocenters. The fourth-order valence-corrected chi connectivity index (χ4v) is 4.12. The highest BCUT2D eigenvalue weighted by Crippen LogP contribution is 2.22. The molecule has 1 N–H and O–H groups in total. The van der Waals surface area contributed by atoms with Gasteiger partial charge in [-0.1, -0.05) is 18.2 Å². The van der Waals surface area contributed by atoms with Crippen LogP contribution in [0, 0.1) is 17.1 Å². The lowest BCUT2D eigenvalue weighted by molar-refractivity contribution is 0.0172. The van der Waals surface area contributed by atoms with Crippen molar-refractivity contribution in [1.29, 1.82) is 5.26 Å². The summed E-state index contributed by atoms with van der Waals surface area (Å²) in [5.41, 5.74) is 1.10. The van der Waals surface area contributed by atoms with Crippen molar-refractivity contribution in [3.63, 3.8) is 0 Å². The molecule has 0 amide bonds. The van der Waals surface area contributed by atoms with E-state index in [1.807, 2.05) is 6.07 Å². The van der Waals surface area contributed by atoms with Crippen molar-refractivity contribution in [2.75, 3.05) is 32.8 Å². The van der Waals surface area contributed by atoms with E-state index in [0.29, 0.717) is 26.3 Å². The molecule has 1 atom stereocenters. The molecular weight excluding hydrogens is 369 g/mol. The monoisotopic (exact) mass is 389 g/mol. The van der Waals surface area contributed by atoms with Crippen molar-refractivity contribution in [3.05, 3.63) is 65.5 Å². The summed E-state index contributed by atoms with van der Waals surface area (Å²) in [6.07, 6.45) is 0. The summed E-state index contributed by atoms with van der Waals surface area (Å²) in [6, 6.07) is 13.6. The summed E-state index contributed by atoms with van der Waals surface area (Å²) < 4.78 is 46.6. The maximum atomic E-state index is 13.3. The summed E-state index contributed by atoms with van der Waals surface area (Å²) in [7, 11) is -3.78. The van der Waals surface area contributed by atoms with Gasteiger partial charge >= 0.3 is 0 Å². The Hall–Kier alpha value is -2.31. The van der Waals surface area contributed by atoms with E-state index in [1.165, 1.54) is 30.3 Å². The molecule has 1 aliphatic rings. The normalized spacial score (nSPS) is 16.6. The van der Waals surface area contributed by atoms with Gasteiger partial charge < -0.3 is 4.74 Å². The highest BCUT2D eigenvalue weighted by molar-refractivity contribution is 7.89. The van der Waals surface area contributed by atoms with Gasteiger partial charge in [-0.15, -0.1) is 0 Å². The van der Waals surface area contributed by atoms with Crippen LogP contribution < -0.4 is 4.72 Å². The number of nitrogens with one attached hydrogen (secondary N) is 1. The first-order chi connectivity index (χ1) is 13.0. The van der Waals surface area contributed by atoms with Crippen molar-refractivity contribution in [3.8, 4) is 6.07 Å². The topological polar surface area (TPSA) is 82.4 Å². The van der Waals surface area contributed by atoms with Crippen LogP contribution >= 0.6 is 0 Å². The van der Waals surface area contributed by atoms with E-state index in [4.69, 9.17) is 10.00 Å². The van der Waals surface area contributed by atoms with E-state index in [9.17, 15) is 12.8 Å². The van der Waals surface area contributed by atoms with Crippen molar-refractivity contribution >= 4 is 10.0 Å². The van der Waals surface area contributed by atoms with Crippen LogP contribution in [0.1, 0.15) is 17.2 Å². The van der Waals surface area contributed by atoms with Gasteiger partial charge in [0, 0.05) is 25.7 Å². The highest BCUT2D eigenvalue weighted by atomic mass is 32.2. The van der Waals surface area contributed by atoms with E-state index in [-0.39, 0.29) is 28.9 Å². The Morgan fingerprint density at radius 1 is 1.19 bits per heavy atom. The number of ether oxygens (including phenoxy) is 1. The first-order valence-electron chi connectivity index (χ1n) is 8.57. The molecule has 8 heteroatoms. The van der Waals surface area contributed by atoms with Crippen LogP contribution in [0.5, 0.6) is 0 Å². The molecular formula is C19H20FN3O3S. The molecule has 2 aromatic carbocycles. The first-order valence-corrected chi connectivity index (χ1v) is 10.0. The third-order valence-corrected chi connectivity index (χ3v) is 5.90. The van der Waals surface area contributed by atoms with Gasteiger partial charge in [0.25, 0.3) is 0 Å². The van der Waals surface area contributed by atoms with Gasteiger partial charge in [0.15, 0.2) is 0 Å². The first kappa shape index (κ1) is 19.5. The quantitative estimate of drug-likeness (QED) is 0.818. The number of hydrogen-bond acceptors (Lipinski definition) is 5. The molecule has 142 valence electrons. The minimum Gasteiger partial charge on any atom is -0.379 e. The molecule has 2 aromatic rings. The number of morpholine rings is 1. The Labute approximate surface area is 158 Å². The van der Waals surface area contributed by atoms with Crippen LogP contribution in [0.3, 0.4) is 0 Å². The van der Waals surface area contributed by atoms with Crippen LogP contribution in [0.15, 0.2) is 53.4 Å². The van der Waals surface area contributed by atoms with Gasteiger partial charge in [-0.2, -0.15) is 5.26 Å². The third kappa shape index (κ3) is 4.90. The average molecular weight is 389 g/mol. The van der Waals surface area contributed by atoms with Gasteiger partial charge in [-0.05, 0) is 35.9 Å². The zero-order valence-corrected chi connectivity index (χ0v) is 15.5. The van der Waals surface area contributed by atoms with Crippen molar-refractivity contribution < 1.29 is 17.5 Å². The smallest absolute Gasteiger partial charge is 0.240 e. The van der Waals surface area contributed by atoms with Gasteiger partial charge in [0.1, 0.15) is 5.82 Å². The largest absolute Gasteiger partial charge is 0.379 e. The standard InChI is InChI=1S/C19H20FN3O3S/c20-17-6-4-16(5-7-17)19(23-8-10-26-11-9-23)14-22-27(24,25)18-3-1-2-15(12-18)13-21/h1-7,12,19,22H,8-11,14H2. The predicted molar refractivity (Wildman–Crippen MR) is 97.9 cm³/mol. The van der Waals surface area contributed by atoms with E-state index in [0.717, 1.165) is 5.56 Å². The number of rotatable bonds is 6. The molecule has 0 bridgehead atoms. The van der Waals surface area contributed by atoms with Gasteiger partial charge in [-0.25, -0.2) is 17.5 Å². The molecule has 0 spiro atoms. The molecule has 0 saturated carbocycles. The van der Waals surface area contributed by atoms with E-state index in [2.05, 4.69) is 9.62 Å². The van der Waals surface area contributed by atoms with Crippen LogP contribution in [0.25, 0.3) is 0 Å². The lowest BCUT2D eigenvalue weighted by atomic mass is 10.0. The Morgan fingerprint density at radius 2 is 1.89 bits per heavy atom. The van der Waals surface area contributed by atoms with Crippen molar-refractivity contribution in [1.82, 2.24) is 9.62 Å². The third-order valence-electron chi connectivity index (χ3n) is 4.48. The predicted octanol–water partition coefficient (Wildman–Crippen LogP) is 2.05. The highest BCUT2D eigenvalue weighted by Gasteiger charge is 2.25. The fourth-order valence-electron chi connectivity index (χ4n) is 3.04. The number of halogens is 1. The second kappa shape index (κ2) is 8.59. The number of nitriles is 1. The number of hydrogen-bond donors (Lipinski definition) is 1. The molecule has 3 rings (SSSR count). The molecule has 1 fully saturated rings. The zero-order chi connectivity index (χ0) is 19.3. The summed E-state index contributed by atoms with van der Waals surface area (Å²) in [6.45, 7) is 2.58. The van der Waals surface area contributed by atoms with Gasteiger partial charge in [0.2, 0.25) is 10.0 Å². The Bertz CT molecular complexity index is 920. The summed E-state index contributed by atoms with van der Waals surface area (Å²) in [5.74, 6) is -0.339. The summed E-state index contributed by atoms with van der Waals surface area (Å²) in [5, 5.41) is 8.97. The van der Waals surface area contributed by atoms with Crippen LogP contribution in [0.4, 0.5) is 4.39 Å². The Kier molecular flexibility index (Phi) is 6.19. The molecule has 27 heavy (non-hydrogen) atoms. The molecule has 0 aliphatic carbocycles. The van der Waals surface area contributed by atoms with E-state index < -0.39 is 10.0 Å². The van der Waals surface area contributed by atoms with Gasteiger partial charge in [0.05, 0.1) is 29.7 Å². The second-order valence-corrected chi connectivity index (χ2v) is 7.97. The summed E-state index contributed by atoms with van der Waals surface area (Å²) >= 11 is 0. The van der Waals surface area contributed by atoms with Crippen molar-refractivity contribution in [2.45, 2.75) is 10.9 Å². The lowest BCUT2D eigenvalue weighted by Crippen LogP contribution is -2.43. The maximum Gasteiger partial charge on any atom is 0.240 e. The molecule has 1 saturated heterocycles. The van der Waals surface area contributed by atoms with E-state index in [1.54, 1.807) is 18.2 Å². The second-order valence-electron chi connectivity index (χ2n) is 6.21. The number of sulfonamides is 1. The molecule has 1 aliphatic heterocycles. The zero-order valence-electron chi connectivity index (χ0n) is 14.6. The fraction of sp³-hybridized carbons (Fsp3) is 0.316. The minimum atomic E-state index is -3.78. The molecule has 0 aromatic heterocycles. The number of nitrogens with zero attached hydrogens (tertiary/aromatic N) is 2. The van der Waals surface area contributed by atoms with Crippen molar-refractivity contribution in [2.24, 2.45) is 0 Å². The van der Waals surface area contributed by atoms with Crippen LogP contribution in [-0.4, -0.2) is 46.2 Å². The Morgan fingerprint density at radius 3 is 2.56 bits per heavy atom. The molecule has 6 nitrogen and oxygen atoms in total. The number of benzene rings is 2. The van der Waals surface area contributed by atoms with Crippen LogP contribution in [-0.2, 0) is 14.8 Å².